The van der Waals surface area contributed by atoms with Crippen LogP contribution >= 0.6 is 27.5 Å². The van der Waals surface area contributed by atoms with E-state index in [-0.39, 0.29) is 24.5 Å². The highest BCUT2D eigenvalue weighted by Crippen LogP contribution is 2.29. The zero-order valence-electron chi connectivity index (χ0n) is 10.8. The predicted molar refractivity (Wildman–Crippen MR) is 79.5 cm³/mol. The van der Waals surface area contributed by atoms with Crippen LogP contribution < -0.4 is 0 Å². The molecule has 5 heteroatoms. The predicted octanol–water partition coefficient (Wildman–Crippen LogP) is 3.34. The molecule has 2 atom stereocenters. The van der Waals surface area contributed by atoms with Gasteiger partial charge in [-0.3, -0.25) is 4.79 Å². The van der Waals surface area contributed by atoms with E-state index in [0.717, 1.165) is 17.3 Å². The van der Waals surface area contributed by atoms with Crippen LogP contribution in [0.4, 0.5) is 0 Å². The van der Waals surface area contributed by atoms with E-state index < -0.39 is 0 Å². The van der Waals surface area contributed by atoms with Crippen LogP contribution in [0.3, 0.4) is 0 Å². The molecule has 1 aliphatic heterocycles. The van der Waals surface area contributed by atoms with Gasteiger partial charge in [-0.1, -0.05) is 17.7 Å². The average molecular weight is 347 g/mol. The summed E-state index contributed by atoms with van der Waals surface area (Å²) in [5.41, 5.74) is 0.515. The summed E-state index contributed by atoms with van der Waals surface area (Å²) in [6.45, 7) is 2.76. The van der Waals surface area contributed by atoms with Gasteiger partial charge in [-0.05, 0) is 53.7 Å². The maximum absolute atomic E-state index is 12.6. The van der Waals surface area contributed by atoms with Gasteiger partial charge in [-0.15, -0.1) is 0 Å². The van der Waals surface area contributed by atoms with Crippen molar-refractivity contribution < 1.29 is 9.90 Å². The van der Waals surface area contributed by atoms with Gasteiger partial charge in [0.1, 0.15) is 0 Å². The fourth-order valence-corrected chi connectivity index (χ4v) is 3.01. The maximum atomic E-state index is 12.6. The third-order valence-corrected chi connectivity index (χ3v) is 4.98. The van der Waals surface area contributed by atoms with Gasteiger partial charge in [0.2, 0.25) is 0 Å². The second kappa shape index (κ2) is 6.25. The van der Waals surface area contributed by atoms with E-state index in [4.69, 9.17) is 11.6 Å². The van der Waals surface area contributed by atoms with E-state index in [9.17, 15) is 9.90 Å². The van der Waals surface area contributed by atoms with Gasteiger partial charge >= 0.3 is 0 Å². The minimum absolute atomic E-state index is 0.0584. The molecule has 0 bridgehead atoms. The number of halogens is 2. The van der Waals surface area contributed by atoms with E-state index in [0.29, 0.717) is 17.1 Å². The minimum atomic E-state index is -0.0584. The summed E-state index contributed by atoms with van der Waals surface area (Å²) in [5, 5.41) is 9.72. The summed E-state index contributed by atoms with van der Waals surface area (Å²) in [6, 6.07) is 5.55. The molecule has 19 heavy (non-hydrogen) atoms. The Morgan fingerprint density at radius 1 is 1.53 bits per heavy atom. The second-order valence-corrected chi connectivity index (χ2v) is 6.27. The number of aliphatic hydroxyl groups is 1. The van der Waals surface area contributed by atoms with E-state index in [1.54, 1.807) is 12.1 Å². The van der Waals surface area contributed by atoms with Crippen LogP contribution in [-0.2, 0) is 0 Å². The summed E-state index contributed by atoms with van der Waals surface area (Å²) in [6.07, 6.45) is 1.89. The summed E-state index contributed by atoms with van der Waals surface area (Å²) >= 11 is 9.52. The molecule has 104 valence electrons. The molecule has 3 nitrogen and oxygen atoms in total. The monoisotopic (exact) mass is 345 g/mol. The number of carbonyl (C=O) groups is 1. The lowest BCUT2D eigenvalue weighted by Crippen LogP contribution is -2.46. The SMILES string of the molecule is C[C@H]1CC[C@H](CO)CN1C(=O)c1cccc(Br)c1Cl. The molecule has 0 spiro atoms. The van der Waals surface area contributed by atoms with Crippen LogP contribution in [-0.4, -0.2) is 35.1 Å². The molecule has 1 saturated heterocycles. The first-order valence-corrected chi connectivity index (χ1v) is 7.57. The number of hydrogen-bond acceptors (Lipinski definition) is 2. The number of benzene rings is 1. The Hall–Kier alpha value is -0.580. The van der Waals surface area contributed by atoms with Crippen molar-refractivity contribution in [3.8, 4) is 0 Å². The molecular weight excluding hydrogens is 330 g/mol. The Morgan fingerprint density at radius 3 is 2.95 bits per heavy atom. The standard InChI is InChI=1S/C14H17BrClNO2/c1-9-5-6-10(8-18)7-17(9)14(19)11-3-2-4-12(15)13(11)16/h2-4,9-10,18H,5-8H2,1H3/t9-,10-/m0/s1. The molecule has 1 aromatic carbocycles. The molecule has 1 heterocycles. The lowest BCUT2D eigenvalue weighted by atomic mass is 9.93. The number of carbonyl (C=O) groups excluding carboxylic acids is 1. The molecule has 0 unspecified atom stereocenters. The molecule has 1 amide bonds. The van der Waals surface area contributed by atoms with Gasteiger partial charge in [0.25, 0.3) is 5.91 Å². The van der Waals surface area contributed by atoms with Crippen molar-refractivity contribution in [1.82, 2.24) is 4.90 Å². The molecule has 1 aliphatic rings. The lowest BCUT2D eigenvalue weighted by Gasteiger charge is -2.37. The Bertz CT molecular complexity index is 481. The number of nitrogens with zero attached hydrogens (tertiary/aromatic N) is 1. The van der Waals surface area contributed by atoms with Gasteiger partial charge < -0.3 is 10.0 Å². The zero-order valence-corrected chi connectivity index (χ0v) is 13.1. The van der Waals surface area contributed by atoms with Crippen LogP contribution in [0.2, 0.25) is 5.02 Å². The third kappa shape index (κ3) is 3.12. The highest BCUT2D eigenvalue weighted by atomic mass is 79.9. The van der Waals surface area contributed by atoms with Crippen LogP contribution in [0, 0.1) is 5.92 Å². The van der Waals surface area contributed by atoms with Crippen LogP contribution in [0.25, 0.3) is 0 Å². The Balaban J connectivity index is 2.24. The Kier molecular flexibility index (Phi) is 4.87. The maximum Gasteiger partial charge on any atom is 0.255 e. The first-order chi connectivity index (χ1) is 9.04. The number of hydrogen-bond donors (Lipinski definition) is 1. The number of likely N-dealkylation sites (tertiary alicyclic amines) is 1. The molecule has 1 aromatic rings. The van der Waals surface area contributed by atoms with Crippen molar-refractivity contribution in [3.63, 3.8) is 0 Å². The van der Waals surface area contributed by atoms with Crippen LogP contribution in [0.5, 0.6) is 0 Å². The van der Waals surface area contributed by atoms with E-state index in [2.05, 4.69) is 15.9 Å². The Morgan fingerprint density at radius 2 is 2.26 bits per heavy atom. The van der Waals surface area contributed by atoms with Gasteiger partial charge in [-0.2, -0.15) is 0 Å². The number of amides is 1. The first kappa shape index (κ1) is 14.8. The van der Waals surface area contributed by atoms with Crippen molar-refractivity contribution in [1.29, 1.82) is 0 Å². The fourth-order valence-electron chi connectivity index (χ4n) is 2.44. The van der Waals surface area contributed by atoms with Crippen LogP contribution in [0.1, 0.15) is 30.1 Å². The topological polar surface area (TPSA) is 40.5 Å². The Labute approximate surface area is 126 Å². The van der Waals surface area contributed by atoms with Gasteiger partial charge in [0.15, 0.2) is 0 Å². The van der Waals surface area contributed by atoms with Gasteiger partial charge in [0.05, 0.1) is 10.6 Å². The lowest BCUT2D eigenvalue weighted by molar-refractivity contribution is 0.0489. The molecular formula is C14H17BrClNO2. The molecule has 2 rings (SSSR count). The highest BCUT2D eigenvalue weighted by molar-refractivity contribution is 9.10. The molecule has 0 aromatic heterocycles. The summed E-state index contributed by atoms with van der Waals surface area (Å²) in [5.74, 6) is 0.114. The van der Waals surface area contributed by atoms with Gasteiger partial charge in [-0.25, -0.2) is 0 Å². The summed E-state index contributed by atoms with van der Waals surface area (Å²) < 4.78 is 0.725. The minimum Gasteiger partial charge on any atom is -0.396 e. The smallest absolute Gasteiger partial charge is 0.255 e. The van der Waals surface area contributed by atoms with E-state index in [1.807, 2.05) is 17.9 Å². The zero-order chi connectivity index (χ0) is 14.0. The number of piperidine rings is 1. The number of aliphatic hydroxyl groups excluding tert-OH is 1. The highest BCUT2D eigenvalue weighted by Gasteiger charge is 2.30. The first-order valence-electron chi connectivity index (χ1n) is 6.40. The van der Waals surface area contributed by atoms with Crippen molar-refractivity contribution in [3.05, 3.63) is 33.3 Å². The molecule has 1 fully saturated rings. The van der Waals surface area contributed by atoms with Crippen molar-refractivity contribution in [2.75, 3.05) is 13.2 Å². The van der Waals surface area contributed by atoms with Crippen LogP contribution in [0.15, 0.2) is 22.7 Å². The van der Waals surface area contributed by atoms with E-state index >= 15 is 0 Å². The van der Waals surface area contributed by atoms with E-state index in [1.165, 1.54) is 0 Å². The number of rotatable bonds is 2. The normalized spacial score (nSPS) is 23.5. The summed E-state index contributed by atoms with van der Waals surface area (Å²) in [7, 11) is 0. The van der Waals surface area contributed by atoms with Crippen molar-refractivity contribution in [2.45, 2.75) is 25.8 Å². The van der Waals surface area contributed by atoms with Gasteiger partial charge in [0, 0.05) is 23.7 Å². The average Bonchev–Trinajstić information content (AvgIpc) is 2.42. The summed E-state index contributed by atoms with van der Waals surface area (Å²) in [4.78, 5) is 14.4. The van der Waals surface area contributed by atoms with Crippen molar-refractivity contribution in [2.24, 2.45) is 5.92 Å². The molecule has 0 aliphatic carbocycles. The van der Waals surface area contributed by atoms with Crippen molar-refractivity contribution >= 4 is 33.4 Å². The molecule has 0 saturated carbocycles. The third-order valence-electron chi connectivity index (χ3n) is 3.68. The largest absolute Gasteiger partial charge is 0.396 e. The quantitative estimate of drug-likeness (QED) is 0.892. The second-order valence-electron chi connectivity index (χ2n) is 5.03. The fraction of sp³-hybridized carbons (Fsp3) is 0.500. The molecule has 0 radical (unpaired) electrons. The molecule has 1 N–H and O–H groups in total.